The number of carbonyl (C=O) groups excluding carboxylic acids is 1. The van der Waals surface area contributed by atoms with E-state index in [4.69, 9.17) is 32.7 Å². The summed E-state index contributed by atoms with van der Waals surface area (Å²) in [5, 5.41) is 0.488. The van der Waals surface area contributed by atoms with E-state index in [-0.39, 0.29) is 27.2 Å². The summed E-state index contributed by atoms with van der Waals surface area (Å²) in [6.07, 6.45) is 0. The number of esters is 1. The van der Waals surface area contributed by atoms with Crippen LogP contribution < -0.4 is 9.04 Å². The number of halogens is 2. The van der Waals surface area contributed by atoms with E-state index in [0.29, 0.717) is 12.4 Å². The highest BCUT2D eigenvalue weighted by atomic mass is 35.5. The minimum absolute atomic E-state index is 0.00801. The van der Waals surface area contributed by atoms with Crippen LogP contribution in [0.25, 0.3) is 0 Å². The van der Waals surface area contributed by atoms with Gasteiger partial charge in [-0.05, 0) is 56.3 Å². The Bertz CT molecular complexity index is 880. The van der Waals surface area contributed by atoms with E-state index in [2.05, 4.69) is 0 Å². The molecule has 6 nitrogen and oxygen atoms in total. The van der Waals surface area contributed by atoms with Crippen molar-refractivity contribution in [1.82, 2.24) is 0 Å². The van der Waals surface area contributed by atoms with Gasteiger partial charge in [0.1, 0.15) is 12.3 Å². The van der Waals surface area contributed by atoms with Gasteiger partial charge in [0.25, 0.3) is 10.0 Å². The van der Waals surface area contributed by atoms with Crippen LogP contribution in [0.15, 0.2) is 47.4 Å². The Hall–Kier alpha value is -1.96. The number of hydrogen-bond donors (Lipinski definition) is 0. The molecule has 0 unspecified atom stereocenters. The third-order valence-corrected chi connectivity index (χ3v) is 5.66. The normalized spacial score (nSPS) is 11.1. The van der Waals surface area contributed by atoms with E-state index in [1.807, 2.05) is 6.92 Å². The summed E-state index contributed by atoms with van der Waals surface area (Å²) < 4.78 is 37.5. The number of rotatable bonds is 8. The smallest absolute Gasteiger partial charge is 0.326 e. The molecule has 0 fully saturated rings. The van der Waals surface area contributed by atoms with Crippen LogP contribution in [-0.4, -0.2) is 34.1 Å². The highest BCUT2D eigenvalue weighted by molar-refractivity contribution is 7.92. The van der Waals surface area contributed by atoms with Crippen LogP contribution in [0.3, 0.4) is 0 Å². The van der Waals surface area contributed by atoms with Crippen molar-refractivity contribution in [2.75, 3.05) is 24.1 Å². The molecule has 0 aliphatic carbocycles. The zero-order valence-corrected chi connectivity index (χ0v) is 17.1. The first-order valence-corrected chi connectivity index (χ1v) is 10.3. The first-order chi connectivity index (χ1) is 12.8. The van der Waals surface area contributed by atoms with E-state index >= 15 is 0 Å². The predicted molar refractivity (Wildman–Crippen MR) is 105 cm³/mol. The van der Waals surface area contributed by atoms with Crippen molar-refractivity contribution in [3.8, 4) is 5.75 Å². The Morgan fingerprint density at radius 2 is 1.59 bits per heavy atom. The van der Waals surface area contributed by atoms with Gasteiger partial charge in [0.15, 0.2) is 0 Å². The fourth-order valence-electron chi connectivity index (χ4n) is 2.32. The van der Waals surface area contributed by atoms with Crippen molar-refractivity contribution in [1.29, 1.82) is 0 Å². The van der Waals surface area contributed by atoms with Crippen LogP contribution in [0.2, 0.25) is 10.0 Å². The molecule has 0 bridgehead atoms. The van der Waals surface area contributed by atoms with Crippen molar-refractivity contribution < 1.29 is 22.7 Å². The topological polar surface area (TPSA) is 72.9 Å². The fraction of sp³-hybridized carbons (Fsp3) is 0.278. The van der Waals surface area contributed by atoms with Gasteiger partial charge in [-0.3, -0.25) is 9.10 Å². The second-order valence-corrected chi connectivity index (χ2v) is 8.08. The van der Waals surface area contributed by atoms with E-state index < -0.39 is 22.5 Å². The molecule has 0 atom stereocenters. The third-order valence-electron chi connectivity index (χ3n) is 3.44. The second-order valence-electron chi connectivity index (χ2n) is 5.35. The Morgan fingerprint density at radius 3 is 2.11 bits per heavy atom. The van der Waals surface area contributed by atoms with Crippen LogP contribution in [0.4, 0.5) is 5.69 Å². The lowest BCUT2D eigenvalue weighted by Crippen LogP contribution is -2.36. The molecule has 0 aliphatic heterocycles. The lowest BCUT2D eigenvalue weighted by molar-refractivity contribution is -0.141. The van der Waals surface area contributed by atoms with Gasteiger partial charge in [-0.1, -0.05) is 23.2 Å². The molecule has 0 amide bonds. The number of hydrogen-bond acceptors (Lipinski definition) is 5. The monoisotopic (exact) mass is 431 g/mol. The molecule has 0 saturated heterocycles. The largest absolute Gasteiger partial charge is 0.494 e. The first kappa shape index (κ1) is 21.3. The van der Waals surface area contributed by atoms with Crippen molar-refractivity contribution >= 4 is 44.9 Å². The summed E-state index contributed by atoms with van der Waals surface area (Å²) in [5.74, 6) is -0.151. The van der Waals surface area contributed by atoms with Gasteiger partial charge in [-0.2, -0.15) is 0 Å². The molecule has 27 heavy (non-hydrogen) atoms. The first-order valence-electron chi connectivity index (χ1n) is 8.15. The van der Waals surface area contributed by atoms with Crippen molar-refractivity contribution in [3.05, 3.63) is 52.5 Å². The average molecular weight is 432 g/mol. The summed E-state index contributed by atoms with van der Waals surface area (Å²) in [4.78, 5) is 12.0. The molecule has 0 aromatic heterocycles. The predicted octanol–water partition coefficient (Wildman–Crippen LogP) is 4.15. The maximum atomic E-state index is 13.2. The lowest BCUT2D eigenvalue weighted by Gasteiger charge is -2.24. The number of benzene rings is 2. The number of nitrogens with zero attached hydrogens (tertiary/aromatic N) is 1. The maximum Gasteiger partial charge on any atom is 0.326 e. The van der Waals surface area contributed by atoms with Gasteiger partial charge in [0.05, 0.1) is 23.8 Å². The Labute approximate surface area is 168 Å². The molecule has 0 spiro atoms. The molecule has 2 aromatic carbocycles. The number of anilines is 1. The molecule has 2 aromatic rings. The van der Waals surface area contributed by atoms with Crippen molar-refractivity contribution in [3.63, 3.8) is 0 Å². The lowest BCUT2D eigenvalue weighted by atomic mass is 10.3. The van der Waals surface area contributed by atoms with Gasteiger partial charge < -0.3 is 9.47 Å². The molecule has 0 saturated carbocycles. The van der Waals surface area contributed by atoms with E-state index in [1.165, 1.54) is 30.3 Å². The molecule has 2 rings (SSSR count). The summed E-state index contributed by atoms with van der Waals surface area (Å²) in [6, 6.07) is 10.2. The molecule has 0 N–H and O–H groups in total. The van der Waals surface area contributed by atoms with Gasteiger partial charge in [-0.15, -0.1) is 0 Å². The zero-order valence-electron chi connectivity index (χ0n) is 14.8. The van der Waals surface area contributed by atoms with E-state index in [1.54, 1.807) is 19.1 Å². The number of carbonyl (C=O) groups is 1. The standard InChI is InChI=1S/C18H19Cl2NO5S/c1-3-25-16-5-7-17(8-6-16)27(23,24)21(12-18(22)26-4-2)15-10-13(19)9-14(20)11-15/h5-11H,3-4,12H2,1-2H3. The molecule has 146 valence electrons. The molecular weight excluding hydrogens is 413 g/mol. The minimum Gasteiger partial charge on any atom is -0.494 e. The van der Waals surface area contributed by atoms with Crippen LogP contribution in [0, 0.1) is 0 Å². The van der Waals surface area contributed by atoms with Crippen LogP contribution in [-0.2, 0) is 19.6 Å². The molecule has 0 heterocycles. The molecular formula is C18H19Cl2NO5S. The van der Waals surface area contributed by atoms with Gasteiger partial charge in [-0.25, -0.2) is 8.42 Å². The number of ether oxygens (including phenoxy) is 2. The molecule has 9 heteroatoms. The summed E-state index contributed by atoms with van der Waals surface area (Å²) in [7, 11) is -4.07. The van der Waals surface area contributed by atoms with Crippen LogP contribution >= 0.6 is 23.2 Å². The van der Waals surface area contributed by atoms with E-state index in [0.717, 1.165) is 4.31 Å². The van der Waals surface area contributed by atoms with Crippen LogP contribution in [0.1, 0.15) is 13.8 Å². The molecule has 0 aliphatic rings. The fourth-order valence-corrected chi connectivity index (χ4v) is 4.23. The highest BCUT2D eigenvalue weighted by Gasteiger charge is 2.28. The summed E-state index contributed by atoms with van der Waals surface area (Å²) >= 11 is 12.0. The highest BCUT2D eigenvalue weighted by Crippen LogP contribution is 2.30. The Balaban J connectivity index is 2.48. The van der Waals surface area contributed by atoms with Crippen molar-refractivity contribution in [2.24, 2.45) is 0 Å². The second kappa shape index (κ2) is 9.30. The van der Waals surface area contributed by atoms with Crippen molar-refractivity contribution in [2.45, 2.75) is 18.7 Å². The van der Waals surface area contributed by atoms with E-state index in [9.17, 15) is 13.2 Å². The number of sulfonamides is 1. The Morgan fingerprint density at radius 1 is 1.00 bits per heavy atom. The molecule has 0 radical (unpaired) electrons. The SMILES string of the molecule is CCOC(=O)CN(c1cc(Cl)cc(Cl)c1)S(=O)(=O)c1ccc(OCC)cc1. The van der Waals surface area contributed by atoms with Crippen LogP contribution in [0.5, 0.6) is 5.75 Å². The minimum atomic E-state index is -4.07. The third kappa shape index (κ3) is 5.51. The van der Waals surface area contributed by atoms with Gasteiger partial charge in [0.2, 0.25) is 0 Å². The summed E-state index contributed by atoms with van der Waals surface area (Å²) in [6.45, 7) is 3.54. The zero-order chi connectivity index (χ0) is 20.0. The maximum absolute atomic E-state index is 13.2. The van der Waals surface area contributed by atoms with Gasteiger partial charge in [0, 0.05) is 10.0 Å². The van der Waals surface area contributed by atoms with Gasteiger partial charge >= 0.3 is 5.97 Å². The quantitative estimate of drug-likeness (QED) is 0.586. The summed E-state index contributed by atoms with van der Waals surface area (Å²) in [5.41, 5.74) is 0.162. The Kier molecular flexibility index (Phi) is 7.35. The average Bonchev–Trinajstić information content (AvgIpc) is 2.59.